The predicted octanol–water partition coefficient (Wildman–Crippen LogP) is 2.69. The summed E-state index contributed by atoms with van der Waals surface area (Å²) in [5, 5.41) is 0. The van der Waals surface area contributed by atoms with E-state index in [1.54, 1.807) is 0 Å². The quantitative estimate of drug-likeness (QED) is 0.561. The molecule has 0 radical (unpaired) electrons. The van der Waals surface area contributed by atoms with Gasteiger partial charge in [0.2, 0.25) is 0 Å². The molecule has 2 rings (SSSR count). The number of hydrogen-bond acceptors (Lipinski definition) is 2. The third kappa shape index (κ3) is 1.22. The Morgan fingerprint density at radius 3 is 2.44 bits per heavy atom. The number of methoxy groups -OCH3 is 1. The van der Waals surface area contributed by atoms with Gasteiger partial charge in [-0.1, -0.05) is 43.3 Å². The van der Waals surface area contributed by atoms with Gasteiger partial charge in [-0.15, -0.1) is 0 Å². The van der Waals surface area contributed by atoms with Crippen LogP contribution < -0.4 is 0 Å². The molecule has 1 fully saturated rings. The minimum absolute atomic E-state index is 0.153. The Bertz CT molecular complexity index is 433. The Labute approximate surface area is 95.9 Å². The number of carbonyl (C=O) groups excluding carboxylic acids is 1. The van der Waals surface area contributed by atoms with Gasteiger partial charge < -0.3 is 4.74 Å². The summed E-state index contributed by atoms with van der Waals surface area (Å²) < 4.78 is 4.95. The first-order chi connectivity index (χ1) is 7.69. The molecular weight excluding hydrogens is 200 g/mol. The Morgan fingerprint density at radius 2 is 2.00 bits per heavy atom. The van der Waals surface area contributed by atoms with Crippen molar-refractivity contribution >= 4 is 5.97 Å². The maximum absolute atomic E-state index is 12.0. The van der Waals surface area contributed by atoms with Crippen LogP contribution in [0.3, 0.4) is 0 Å². The molecule has 0 saturated heterocycles. The summed E-state index contributed by atoms with van der Waals surface area (Å²) in [6.45, 7) is 4.04. The van der Waals surface area contributed by atoms with E-state index in [1.807, 2.05) is 43.3 Å². The smallest absolute Gasteiger partial charge is 0.321 e. The van der Waals surface area contributed by atoms with Crippen LogP contribution in [-0.2, 0) is 14.9 Å². The average molecular weight is 216 g/mol. The van der Waals surface area contributed by atoms with Crippen LogP contribution >= 0.6 is 0 Å². The van der Waals surface area contributed by atoms with Gasteiger partial charge in [-0.3, -0.25) is 4.79 Å². The van der Waals surface area contributed by atoms with Gasteiger partial charge in [0.05, 0.1) is 7.11 Å². The molecule has 1 aromatic carbocycles. The fraction of sp³-hybridized carbons (Fsp3) is 0.357. The molecule has 1 aromatic rings. The monoisotopic (exact) mass is 216 g/mol. The molecule has 0 aliphatic heterocycles. The van der Waals surface area contributed by atoms with Gasteiger partial charge in [0.25, 0.3) is 0 Å². The molecule has 84 valence electrons. The molecule has 2 atom stereocenters. The first-order valence-electron chi connectivity index (χ1n) is 5.50. The molecule has 0 unspecified atom stereocenters. The van der Waals surface area contributed by atoms with Crippen molar-refractivity contribution in [1.82, 2.24) is 0 Å². The number of carbonyl (C=O) groups is 1. The summed E-state index contributed by atoms with van der Waals surface area (Å²) in [4.78, 5) is 12.0. The van der Waals surface area contributed by atoms with Gasteiger partial charge in [0, 0.05) is 5.92 Å². The second-order valence-electron chi connectivity index (χ2n) is 4.13. The van der Waals surface area contributed by atoms with Crippen molar-refractivity contribution in [3.05, 3.63) is 47.5 Å². The highest BCUT2D eigenvalue weighted by atomic mass is 16.5. The lowest BCUT2D eigenvalue weighted by atomic mass is 9.93. The van der Waals surface area contributed by atoms with Crippen molar-refractivity contribution in [2.75, 3.05) is 7.11 Å². The molecule has 0 heterocycles. The molecule has 1 aliphatic carbocycles. The molecule has 1 saturated carbocycles. The zero-order valence-electron chi connectivity index (χ0n) is 9.86. The fourth-order valence-corrected chi connectivity index (χ4v) is 2.68. The summed E-state index contributed by atoms with van der Waals surface area (Å²) in [5.74, 6) is 0.0895. The van der Waals surface area contributed by atoms with Crippen LogP contribution in [0.5, 0.6) is 0 Å². The first-order valence-corrected chi connectivity index (χ1v) is 5.50. The van der Waals surface area contributed by atoms with Gasteiger partial charge in [0.1, 0.15) is 5.41 Å². The maximum atomic E-state index is 12.0. The molecule has 0 amide bonds. The molecule has 1 aliphatic rings. The van der Waals surface area contributed by atoms with Gasteiger partial charge in [-0.25, -0.2) is 0 Å². The molecule has 2 heteroatoms. The number of allylic oxidation sites excluding steroid dienone is 1. The fourth-order valence-electron chi connectivity index (χ4n) is 2.68. The first kappa shape index (κ1) is 10.9. The van der Waals surface area contributed by atoms with Crippen LogP contribution in [0.4, 0.5) is 0 Å². The van der Waals surface area contributed by atoms with Crippen LogP contribution in [0, 0.1) is 5.92 Å². The number of esters is 1. The lowest BCUT2D eigenvalue weighted by Gasteiger charge is -2.13. The van der Waals surface area contributed by atoms with E-state index in [9.17, 15) is 4.79 Å². The molecule has 0 bridgehead atoms. The predicted molar refractivity (Wildman–Crippen MR) is 63.1 cm³/mol. The van der Waals surface area contributed by atoms with E-state index >= 15 is 0 Å². The van der Waals surface area contributed by atoms with E-state index in [0.717, 1.165) is 11.1 Å². The zero-order valence-corrected chi connectivity index (χ0v) is 9.86. The molecular formula is C14H16O2. The maximum Gasteiger partial charge on any atom is 0.321 e. The van der Waals surface area contributed by atoms with Crippen molar-refractivity contribution in [2.24, 2.45) is 5.92 Å². The van der Waals surface area contributed by atoms with Gasteiger partial charge in [-0.2, -0.15) is 0 Å². The van der Waals surface area contributed by atoms with Crippen molar-refractivity contribution in [3.8, 4) is 0 Å². The largest absolute Gasteiger partial charge is 0.468 e. The van der Waals surface area contributed by atoms with Crippen molar-refractivity contribution < 1.29 is 9.53 Å². The van der Waals surface area contributed by atoms with Crippen LogP contribution in [0.1, 0.15) is 19.4 Å². The van der Waals surface area contributed by atoms with E-state index < -0.39 is 5.41 Å². The highest BCUT2D eigenvalue weighted by Gasteiger charge is 2.64. The van der Waals surface area contributed by atoms with Crippen LogP contribution in [0.25, 0.3) is 0 Å². The summed E-state index contributed by atoms with van der Waals surface area (Å²) in [5.41, 5.74) is 1.66. The van der Waals surface area contributed by atoms with E-state index in [4.69, 9.17) is 4.74 Å². The third-order valence-corrected chi connectivity index (χ3v) is 3.54. The number of rotatable bonds is 2. The van der Waals surface area contributed by atoms with Crippen LogP contribution in [0.2, 0.25) is 0 Å². The van der Waals surface area contributed by atoms with E-state index in [0.29, 0.717) is 0 Å². The van der Waals surface area contributed by atoms with Gasteiger partial charge in [-0.05, 0) is 18.1 Å². The highest BCUT2D eigenvalue weighted by molar-refractivity contribution is 5.94. The lowest BCUT2D eigenvalue weighted by Crippen LogP contribution is -2.24. The molecule has 0 aromatic heterocycles. The van der Waals surface area contributed by atoms with Crippen molar-refractivity contribution in [2.45, 2.75) is 19.3 Å². The van der Waals surface area contributed by atoms with Gasteiger partial charge in [0.15, 0.2) is 0 Å². The zero-order chi connectivity index (χ0) is 11.8. The SMILES string of the molecule is C/C=C1/[C@@H](C)[C@@]1(C(=O)OC)c1ccccc1. The number of benzene rings is 1. The van der Waals surface area contributed by atoms with Crippen molar-refractivity contribution in [1.29, 1.82) is 0 Å². The Kier molecular flexibility index (Phi) is 2.58. The topological polar surface area (TPSA) is 26.3 Å². The summed E-state index contributed by atoms with van der Waals surface area (Å²) in [6, 6.07) is 9.85. The van der Waals surface area contributed by atoms with E-state index in [-0.39, 0.29) is 11.9 Å². The molecule has 16 heavy (non-hydrogen) atoms. The lowest BCUT2D eigenvalue weighted by molar-refractivity contribution is -0.143. The standard InChI is InChI=1S/C14H16O2/c1-4-12-10(2)14(12,13(15)16-3)11-8-6-5-7-9-11/h4-10H,1-3H3/b12-4-/t10-,14-/m1/s1. The summed E-state index contributed by atoms with van der Waals surface area (Å²) >= 11 is 0. The number of hydrogen-bond donors (Lipinski definition) is 0. The van der Waals surface area contributed by atoms with E-state index in [1.165, 1.54) is 7.11 Å². The van der Waals surface area contributed by atoms with Crippen molar-refractivity contribution in [3.63, 3.8) is 0 Å². The van der Waals surface area contributed by atoms with Gasteiger partial charge >= 0.3 is 5.97 Å². The Balaban J connectivity index is 2.51. The normalized spacial score (nSPS) is 30.2. The Morgan fingerprint density at radius 1 is 1.38 bits per heavy atom. The molecule has 0 N–H and O–H groups in total. The second-order valence-corrected chi connectivity index (χ2v) is 4.13. The summed E-state index contributed by atoms with van der Waals surface area (Å²) in [6.07, 6.45) is 2.02. The minimum atomic E-state index is -0.523. The van der Waals surface area contributed by atoms with Crippen LogP contribution in [-0.4, -0.2) is 13.1 Å². The highest BCUT2D eigenvalue weighted by Crippen LogP contribution is 2.59. The molecule has 2 nitrogen and oxygen atoms in total. The van der Waals surface area contributed by atoms with Crippen LogP contribution in [0.15, 0.2) is 42.0 Å². The number of ether oxygens (including phenoxy) is 1. The second kappa shape index (κ2) is 3.78. The minimum Gasteiger partial charge on any atom is -0.468 e. The average Bonchev–Trinajstić information content (AvgIpc) is 2.95. The van der Waals surface area contributed by atoms with E-state index in [2.05, 4.69) is 6.92 Å². The molecule has 0 spiro atoms. The third-order valence-electron chi connectivity index (χ3n) is 3.54. The Hall–Kier alpha value is -1.57. The summed E-state index contributed by atoms with van der Waals surface area (Å²) in [7, 11) is 1.45.